The molecule has 0 heterocycles. The number of aryl methyl sites for hydroxylation is 1. The number of hydrogen-bond donors (Lipinski definition) is 3. The fourth-order valence-electron chi connectivity index (χ4n) is 2.83. The molecule has 0 aliphatic heterocycles. The summed E-state index contributed by atoms with van der Waals surface area (Å²) in [6.45, 7) is 0. The van der Waals surface area contributed by atoms with E-state index < -0.39 is 0 Å². The molecule has 0 atom stereocenters. The molecule has 1 fully saturated rings. The lowest BCUT2D eigenvalue weighted by Crippen LogP contribution is -2.30. The Morgan fingerprint density at radius 3 is 2.74 bits per heavy atom. The summed E-state index contributed by atoms with van der Waals surface area (Å²) >= 11 is 0. The third-order valence-corrected chi connectivity index (χ3v) is 3.94. The van der Waals surface area contributed by atoms with E-state index in [9.17, 15) is 9.90 Å². The van der Waals surface area contributed by atoms with Crippen molar-refractivity contribution in [2.75, 3.05) is 0 Å². The maximum absolute atomic E-state index is 11.2. The molecule has 1 aliphatic rings. The van der Waals surface area contributed by atoms with Gasteiger partial charge in [0.1, 0.15) is 5.75 Å². The van der Waals surface area contributed by atoms with Crippen molar-refractivity contribution in [3.05, 3.63) is 29.3 Å². The van der Waals surface area contributed by atoms with Gasteiger partial charge in [-0.3, -0.25) is 10.2 Å². The summed E-state index contributed by atoms with van der Waals surface area (Å²) in [6.07, 6.45) is 7.12. The maximum atomic E-state index is 11.2. The fourth-order valence-corrected chi connectivity index (χ4v) is 2.83. The van der Waals surface area contributed by atoms with E-state index in [1.54, 1.807) is 6.07 Å². The standard InChI is InChI=1S/C15H22N2O2/c16-17-15(19)9-7-11-6-8-14(18)13(10-11)12-4-2-1-3-5-12/h6,8,10,12,18H,1-5,7,9,16H2,(H,17,19). The van der Waals surface area contributed by atoms with Crippen LogP contribution in [0.25, 0.3) is 0 Å². The molecular weight excluding hydrogens is 240 g/mol. The molecule has 2 rings (SSSR count). The topological polar surface area (TPSA) is 75.3 Å². The van der Waals surface area contributed by atoms with E-state index in [-0.39, 0.29) is 5.91 Å². The van der Waals surface area contributed by atoms with Crippen molar-refractivity contribution in [2.24, 2.45) is 5.84 Å². The normalized spacial score (nSPS) is 16.3. The van der Waals surface area contributed by atoms with E-state index in [0.717, 1.165) is 24.0 Å². The minimum Gasteiger partial charge on any atom is -0.508 e. The number of amides is 1. The SMILES string of the molecule is NNC(=O)CCc1ccc(O)c(C2CCCCC2)c1. The van der Waals surface area contributed by atoms with Gasteiger partial charge >= 0.3 is 0 Å². The Hall–Kier alpha value is -1.55. The van der Waals surface area contributed by atoms with E-state index in [0.29, 0.717) is 24.5 Å². The minimum absolute atomic E-state index is 0.160. The van der Waals surface area contributed by atoms with Gasteiger partial charge in [-0.2, -0.15) is 0 Å². The highest BCUT2D eigenvalue weighted by atomic mass is 16.3. The van der Waals surface area contributed by atoms with Crippen LogP contribution in [-0.2, 0) is 11.2 Å². The maximum Gasteiger partial charge on any atom is 0.234 e. The van der Waals surface area contributed by atoms with E-state index in [4.69, 9.17) is 5.84 Å². The monoisotopic (exact) mass is 262 g/mol. The Morgan fingerprint density at radius 1 is 1.32 bits per heavy atom. The second-order valence-corrected chi connectivity index (χ2v) is 5.30. The Morgan fingerprint density at radius 2 is 2.05 bits per heavy atom. The van der Waals surface area contributed by atoms with Crippen molar-refractivity contribution < 1.29 is 9.90 Å². The van der Waals surface area contributed by atoms with Crippen molar-refractivity contribution in [1.82, 2.24) is 5.43 Å². The largest absolute Gasteiger partial charge is 0.508 e. The summed E-state index contributed by atoms with van der Waals surface area (Å²) in [5, 5.41) is 10.0. The van der Waals surface area contributed by atoms with Crippen LogP contribution in [-0.4, -0.2) is 11.0 Å². The van der Waals surface area contributed by atoms with Crippen molar-refractivity contribution in [1.29, 1.82) is 0 Å². The smallest absolute Gasteiger partial charge is 0.234 e. The molecule has 1 aromatic rings. The van der Waals surface area contributed by atoms with Gasteiger partial charge in [-0.25, -0.2) is 5.84 Å². The second kappa shape index (κ2) is 6.57. The van der Waals surface area contributed by atoms with Crippen molar-refractivity contribution >= 4 is 5.91 Å². The molecule has 0 unspecified atom stereocenters. The Labute approximate surface area is 114 Å². The molecule has 19 heavy (non-hydrogen) atoms. The quantitative estimate of drug-likeness (QED) is 0.443. The molecule has 4 heteroatoms. The van der Waals surface area contributed by atoms with Crippen molar-refractivity contribution in [2.45, 2.75) is 50.9 Å². The fraction of sp³-hybridized carbons (Fsp3) is 0.533. The second-order valence-electron chi connectivity index (χ2n) is 5.30. The number of carbonyl (C=O) groups excluding carboxylic acids is 1. The van der Waals surface area contributed by atoms with E-state index in [1.807, 2.05) is 6.07 Å². The van der Waals surface area contributed by atoms with Gasteiger partial charge in [0.05, 0.1) is 0 Å². The summed E-state index contributed by atoms with van der Waals surface area (Å²) in [4.78, 5) is 11.2. The van der Waals surface area contributed by atoms with Gasteiger partial charge in [0.15, 0.2) is 0 Å². The van der Waals surface area contributed by atoms with Crippen molar-refractivity contribution in [3.63, 3.8) is 0 Å². The van der Waals surface area contributed by atoms with Crippen LogP contribution in [0.5, 0.6) is 5.75 Å². The molecule has 1 amide bonds. The van der Waals surface area contributed by atoms with Crippen molar-refractivity contribution in [3.8, 4) is 5.75 Å². The molecule has 1 aromatic carbocycles. The summed E-state index contributed by atoms with van der Waals surface area (Å²) in [5.74, 6) is 5.77. The molecule has 0 bridgehead atoms. The van der Waals surface area contributed by atoms with Crippen LogP contribution in [0.15, 0.2) is 18.2 Å². The summed E-state index contributed by atoms with van der Waals surface area (Å²) < 4.78 is 0. The molecule has 104 valence electrons. The molecular formula is C15H22N2O2. The third kappa shape index (κ3) is 3.70. The number of benzene rings is 1. The number of phenolic OH excluding ortho intramolecular Hbond substituents is 1. The van der Waals surface area contributed by atoms with Crippen LogP contribution >= 0.6 is 0 Å². The lowest BCUT2D eigenvalue weighted by molar-refractivity contribution is -0.121. The average molecular weight is 262 g/mol. The number of hydrogen-bond acceptors (Lipinski definition) is 3. The van der Waals surface area contributed by atoms with Gasteiger partial charge in [0.2, 0.25) is 5.91 Å². The number of nitrogens with one attached hydrogen (secondary N) is 1. The first-order chi connectivity index (χ1) is 9.20. The number of hydrazine groups is 1. The highest BCUT2D eigenvalue weighted by Gasteiger charge is 2.18. The van der Waals surface area contributed by atoms with Gasteiger partial charge in [0.25, 0.3) is 0 Å². The third-order valence-electron chi connectivity index (χ3n) is 3.94. The molecule has 0 radical (unpaired) electrons. The summed E-state index contributed by atoms with van der Waals surface area (Å²) in [5.41, 5.74) is 4.27. The molecule has 1 aliphatic carbocycles. The summed E-state index contributed by atoms with van der Waals surface area (Å²) in [6, 6.07) is 5.68. The molecule has 0 aromatic heterocycles. The highest BCUT2D eigenvalue weighted by molar-refractivity contribution is 5.75. The molecule has 4 nitrogen and oxygen atoms in total. The van der Waals surface area contributed by atoms with Crippen LogP contribution < -0.4 is 11.3 Å². The number of nitrogens with two attached hydrogens (primary N) is 1. The lowest BCUT2D eigenvalue weighted by Gasteiger charge is -2.23. The van der Waals surface area contributed by atoms with Crippen LogP contribution in [0.4, 0.5) is 0 Å². The lowest BCUT2D eigenvalue weighted by atomic mass is 9.83. The average Bonchev–Trinajstić information content (AvgIpc) is 2.47. The van der Waals surface area contributed by atoms with Crippen LogP contribution in [0.2, 0.25) is 0 Å². The number of phenols is 1. The van der Waals surface area contributed by atoms with Gasteiger partial charge in [0, 0.05) is 6.42 Å². The van der Waals surface area contributed by atoms with Crippen LogP contribution in [0.1, 0.15) is 55.6 Å². The predicted molar refractivity (Wildman–Crippen MR) is 74.6 cm³/mol. The Bertz CT molecular complexity index is 440. The minimum atomic E-state index is -0.160. The van der Waals surface area contributed by atoms with Crippen LogP contribution in [0.3, 0.4) is 0 Å². The van der Waals surface area contributed by atoms with E-state index in [2.05, 4.69) is 11.5 Å². The summed E-state index contributed by atoms with van der Waals surface area (Å²) in [7, 11) is 0. The first-order valence-corrected chi connectivity index (χ1v) is 7.02. The highest BCUT2D eigenvalue weighted by Crippen LogP contribution is 2.37. The molecule has 0 saturated heterocycles. The van der Waals surface area contributed by atoms with Gasteiger partial charge in [-0.1, -0.05) is 31.4 Å². The van der Waals surface area contributed by atoms with Gasteiger partial charge < -0.3 is 5.11 Å². The van der Waals surface area contributed by atoms with Gasteiger partial charge in [-0.15, -0.1) is 0 Å². The number of aromatic hydroxyl groups is 1. The van der Waals surface area contributed by atoms with Gasteiger partial charge in [-0.05, 0) is 42.4 Å². The van der Waals surface area contributed by atoms with E-state index >= 15 is 0 Å². The zero-order chi connectivity index (χ0) is 13.7. The number of rotatable bonds is 4. The molecule has 0 spiro atoms. The Balaban J connectivity index is 2.07. The van der Waals surface area contributed by atoms with E-state index in [1.165, 1.54) is 19.3 Å². The Kier molecular flexibility index (Phi) is 4.80. The first kappa shape index (κ1) is 13.9. The number of carbonyl (C=O) groups is 1. The van der Waals surface area contributed by atoms with Crippen LogP contribution in [0, 0.1) is 0 Å². The zero-order valence-corrected chi connectivity index (χ0v) is 11.2. The molecule has 1 saturated carbocycles. The predicted octanol–water partition coefficient (Wildman–Crippen LogP) is 2.36. The first-order valence-electron chi connectivity index (χ1n) is 7.02. The molecule has 4 N–H and O–H groups in total. The zero-order valence-electron chi connectivity index (χ0n) is 11.2.